The molecule has 1 aromatic heterocycles. The normalized spacial score (nSPS) is 18.4. The maximum absolute atomic E-state index is 14.8. The van der Waals surface area contributed by atoms with Crippen LogP contribution < -0.4 is 10.2 Å². The van der Waals surface area contributed by atoms with Crippen LogP contribution in [-0.4, -0.2) is 66.4 Å². The van der Waals surface area contributed by atoms with E-state index in [9.17, 15) is 22.4 Å². The maximum Gasteiger partial charge on any atom is 0.416 e. The third kappa shape index (κ3) is 8.66. The topological polar surface area (TPSA) is 62.6 Å². The number of carbonyl (C=O) groups is 1. The fourth-order valence-corrected chi connectivity index (χ4v) is 7.52. The van der Waals surface area contributed by atoms with Crippen LogP contribution in [0.1, 0.15) is 62.4 Å². The van der Waals surface area contributed by atoms with Crippen LogP contribution >= 0.6 is 0 Å². The molecule has 0 radical (unpaired) electrons. The van der Waals surface area contributed by atoms with Crippen molar-refractivity contribution in [3.8, 4) is 0 Å². The summed E-state index contributed by atoms with van der Waals surface area (Å²) in [6.07, 6.45) is 4.26. The zero-order chi connectivity index (χ0) is 33.6. The van der Waals surface area contributed by atoms with Crippen LogP contribution in [0.3, 0.4) is 0 Å². The number of carbonyl (C=O) groups excluding carboxylic acids is 1. The third-order valence-corrected chi connectivity index (χ3v) is 10.2. The predicted octanol–water partition coefficient (Wildman–Crippen LogP) is 7.44. The van der Waals surface area contributed by atoms with Gasteiger partial charge in [0.25, 0.3) is 0 Å². The van der Waals surface area contributed by atoms with Crippen molar-refractivity contribution in [3.05, 3.63) is 83.7 Å². The summed E-state index contributed by atoms with van der Waals surface area (Å²) in [6, 6.07) is 12.5. The Labute approximate surface area is 275 Å². The van der Waals surface area contributed by atoms with Crippen molar-refractivity contribution < 1.29 is 27.1 Å². The number of nitrogens with zero attached hydrogens (tertiary/aromatic N) is 4. The SMILES string of the molecule is CNC(=O)OC(C)CCCCC(Cn1ccnc1C)(c1cccc(F)c1)C1CCN(CC2CN(c3ccc(C(F)(F)F)cc3)C2)CC1. The fraction of sp³-hybridized carbons (Fsp3) is 0.556. The molecule has 2 saturated heterocycles. The van der Waals surface area contributed by atoms with E-state index in [2.05, 4.69) is 30.7 Å². The minimum absolute atomic E-state index is 0.195. The van der Waals surface area contributed by atoms with Crippen molar-refractivity contribution in [1.82, 2.24) is 19.8 Å². The number of nitrogens with one attached hydrogen (secondary N) is 1. The summed E-state index contributed by atoms with van der Waals surface area (Å²) in [6.45, 7) is 9.13. The Balaban J connectivity index is 1.24. The van der Waals surface area contributed by atoms with Gasteiger partial charge in [-0.05, 0) is 107 Å². The highest BCUT2D eigenvalue weighted by molar-refractivity contribution is 5.66. The minimum Gasteiger partial charge on any atom is -0.447 e. The van der Waals surface area contributed by atoms with Gasteiger partial charge in [-0.25, -0.2) is 14.2 Å². The molecule has 0 aliphatic carbocycles. The summed E-state index contributed by atoms with van der Waals surface area (Å²) in [5, 5.41) is 2.50. The average molecular weight is 658 g/mol. The van der Waals surface area contributed by atoms with E-state index in [1.807, 2.05) is 32.3 Å². The van der Waals surface area contributed by atoms with Gasteiger partial charge in [-0.3, -0.25) is 0 Å². The number of alkyl halides is 3. The van der Waals surface area contributed by atoms with Crippen LogP contribution in [0.25, 0.3) is 0 Å². The number of aromatic nitrogens is 2. The molecule has 0 bridgehead atoms. The monoisotopic (exact) mass is 657 g/mol. The molecule has 11 heteroatoms. The molecule has 0 saturated carbocycles. The van der Waals surface area contributed by atoms with Crippen molar-refractivity contribution in [2.24, 2.45) is 11.8 Å². The summed E-state index contributed by atoms with van der Waals surface area (Å²) < 4.78 is 61.3. The number of alkyl carbamates (subject to hydrolysis) is 1. The van der Waals surface area contributed by atoms with Gasteiger partial charge in [0.15, 0.2) is 0 Å². The molecule has 47 heavy (non-hydrogen) atoms. The van der Waals surface area contributed by atoms with Crippen LogP contribution in [0.2, 0.25) is 0 Å². The highest BCUT2D eigenvalue weighted by Crippen LogP contribution is 2.45. The lowest BCUT2D eigenvalue weighted by Crippen LogP contribution is -2.53. The second-order valence-corrected chi connectivity index (χ2v) is 13.4. The van der Waals surface area contributed by atoms with E-state index in [0.29, 0.717) is 18.4 Å². The number of benzene rings is 2. The summed E-state index contributed by atoms with van der Waals surface area (Å²) in [7, 11) is 1.55. The molecule has 2 aliphatic rings. The number of likely N-dealkylation sites (tertiary alicyclic amines) is 1. The number of amides is 1. The summed E-state index contributed by atoms with van der Waals surface area (Å²) in [5.74, 6) is 1.49. The van der Waals surface area contributed by atoms with Crippen LogP contribution in [0.4, 0.5) is 28.0 Å². The van der Waals surface area contributed by atoms with E-state index in [4.69, 9.17) is 4.74 Å². The van der Waals surface area contributed by atoms with Gasteiger partial charge in [-0.1, -0.05) is 18.6 Å². The van der Waals surface area contributed by atoms with Gasteiger partial charge in [0, 0.05) is 62.6 Å². The largest absolute Gasteiger partial charge is 0.447 e. The lowest BCUT2D eigenvalue weighted by atomic mass is 9.63. The number of piperidine rings is 1. The van der Waals surface area contributed by atoms with Gasteiger partial charge < -0.3 is 24.4 Å². The number of aryl methyl sites for hydroxylation is 1. The molecule has 256 valence electrons. The lowest BCUT2D eigenvalue weighted by molar-refractivity contribution is -0.137. The van der Waals surface area contributed by atoms with Gasteiger partial charge in [-0.15, -0.1) is 0 Å². The van der Waals surface area contributed by atoms with Crippen molar-refractivity contribution >= 4 is 11.8 Å². The highest BCUT2D eigenvalue weighted by atomic mass is 19.4. The molecule has 1 N–H and O–H groups in total. The number of hydrogen-bond acceptors (Lipinski definition) is 5. The van der Waals surface area contributed by atoms with Crippen LogP contribution in [0, 0.1) is 24.6 Å². The number of rotatable bonds is 13. The van der Waals surface area contributed by atoms with Gasteiger partial charge in [0.05, 0.1) is 5.56 Å². The molecular formula is C36H47F4N5O2. The summed E-state index contributed by atoms with van der Waals surface area (Å²) in [4.78, 5) is 20.8. The standard InChI is InChI=1S/C36H47F4N5O2/c1-26(47-34(46)41-3)7-4-5-16-35(25-44-20-17-42-27(44)2,31-8-6-9-32(37)21-31)29-14-18-43(19-15-29)22-28-23-45(24-28)33-12-10-30(11-13-33)36(38,39)40/h6,8-13,17,20-21,26,28-29H,4-5,7,14-16,18-19,22-25H2,1-3H3,(H,41,46). The second-order valence-electron chi connectivity index (χ2n) is 13.4. The maximum atomic E-state index is 14.8. The number of halogens is 4. The number of imidazole rings is 1. The Bertz CT molecular complexity index is 1450. The van der Waals surface area contributed by atoms with Crippen molar-refractivity contribution in [2.45, 2.75) is 76.6 Å². The first kappa shape index (κ1) is 34.7. The van der Waals surface area contributed by atoms with Crippen LogP contribution in [0.15, 0.2) is 60.9 Å². The quantitative estimate of drug-likeness (QED) is 0.153. The van der Waals surface area contributed by atoms with Gasteiger partial charge in [-0.2, -0.15) is 13.2 Å². The van der Waals surface area contributed by atoms with Crippen molar-refractivity contribution in [1.29, 1.82) is 0 Å². The first-order chi connectivity index (χ1) is 22.5. The zero-order valence-electron chi connectivity index (χ0n) is 27.6. The van der Waals surface area contributed by atoms with E-state index in [1.54, 1.807) is 25.2 Å². The average Bonchev–Trinajstić information content (AvgIpc) is 3.43. The summed E-state index contributed by atoms with van der Waals surface area (Å²) in [5.41, 5.74) is 0.922. The molecule has 2 unspecified atom stereocenters. The molecule has 2 aliphatic heterocycles. The highest BCUT2D eigenvalue weighted by Gasteiger charge is 2.43. The van der Waals surface area contributed by atoms with Gasteiger partial charge >= 0.3 is 12.3 Å². The van der Waals surface area contributed by atoms with Crippen molar-refractivity contribution in [2.75, 3.05) is 44.7 Å². The minimum atomic E-state index is -4.33. The first-order valence-electron chi connectivity index (χ1n) is 16.7. The van der Waals surface area contributed by atoms with E-state index in [-0.39, 0.29) is 17.3 Å². The van der Waals surface area contributed by atoms with Gasteiger partial charge in [0.1, 0.15) is 17.7 Å². The second kappa shape index (κ2) is 15.1. The fourth-order valence-electron chi connectivity index (χ4n) is 7.52. The third-order valence-electron chi connectivity index (χ3n) is 10.2. The molecule has 2 fully saturated rings. The molecule has 2 atom stereocenters. The predicted molar refractivity (Wildman–Crippen MR) is 175 cm³/mol. The molecule has 3 heterocycles. The van der Waals surface area contributed by atoms with E-state index in [0.717, 1.165) is 100 Å². The van der Waals surface area contributed by atoms with Crippen LogP contribution in [0.5, 0.6) is 0 Å². The number of anilines is 1. The molecule has 0 spiro atoms. The number of hydrogen-bond donors (Lipinski definition) is 1. The number of ether oxygens (including phenoxy) is 1. The molecule has 1 amide bonds. The summed E-state index contributed by atoms with van der Waals surface area (Å²) >= 11 is 0. The zero-order valence-corrected chi connectivity index (χ0v) is 27.6. The molecule has 2 aromatic carbocycles. The first-order valence-corrected chi connectivity index (χ1v) is 16.7. The van der Waals surface area contributed by atoms with E-state index in [1.165, 1.54) is 6.07 Å². The van der Waals surface area contributed by atoms with Gasteiger partial charge in [0.2, 0.25) is 0 Å². The van der Waals surface area contributed by atoms with E-state index >= 15 is 0 Å². The Morgan fingerprint density at radius 1 is 1.06 bits per heavy atom. The Morgan fingerprint density at radius 3 is 2.40 bits per heavy atom. The molecule has 7 nitrogen and oxygen atoms in total. The van der Waals surface area contributed by atoms with Crippen LogP contribution in [-0.2, 0) is 22.9 Å². The molecule has 3 aromatic rings. The number of unbranched alkanes of at least 4 members (excludes halogenated alkanes) is 1. The Hall–Kier alpha value is -3.60. The van der Waals surface area contributed by atoms with E-state index < -0.39 is 17.8 Å². The smallest absolute Gasteiger partial charge is 0.416 e. The Morgan fingerprint density at radius 2 is 1.79 bits per heavy atom. The lowest BCUT2D eigenvalue weighted by Gasteiger charge is -2.48. The van der Waals surface area contributed by atoms with Crippen molar-refractivity contribution in [3.63, 3.8) is 0 Å². The Kier molecular flexibility index (Phi) is 11.1. The molecule has 5 rings (SSSR count). The molecular weight excluding hydrogens is 610 g/mol.